The summed E-state index contributed by atoms with van der Waals surface area (Å²) >= 11 is 1.54. The molecule has 5 nitrogen and oxygen atoms in total. The van der Waals surface area contributed by atoms with Gasteiger partial charge in [0.25, 0.3) is 11.8 Å². The minimum Gasteiger partial charge on any atom is -0.497 e. The van der Waals surface area contributed by atoms with Crippen molar-refractivity contribution in [2.75, 3.05) is 17.7 Å². The highest BCUT2D eigenvalue weighted by molar-refractivity contribution is 7.17. The summed E-state index contributed by atoms with van der Waals surface area (Å²) in [6.07, 6.45) is 2.77. The Hall–Kier alpha value is -3.12. The second-order valence-electron chi connectivity index (χ2n) is 12.0. The first-order chi connectivity index (χ1) is 17.4. The third kappa shape index (κ3) is 6.07. The van der Waals surface area contributed by atoms with Crippen molar-refractivity contribution in [3.8, 4) is 5.75 Å². The molecule has 6 heteroatoms. The molecule has 0 fully saturated rings. The molecule has 3 aromatic rings. The Kier molecular flexibility index (Phi) is 7.52. The summed E-state index contributed by atoms with van der Waals surface area (Å²) in [7, 11) is 1.61. The molecule has 2 amide bonds. The number of ether oxygens (including phenoxy) is 1. The normalized spacial score (nSPS) is 15.6. The molecule has 0 saturated heterocycles. The first-order valence-corrected chi connectivity index (χ1v) is 13.7. The fourth-order valence-corrected chi connectivity index (χ4v) is 6.14. The molecule has 1 aliphatic rings. The Morgan fingerprint density at radius 3 is 2.11 bits per heavy atom. The number of methoxy groups -OCH3 is 1. The van der Waals surface area contributed by atoms with Crippen LogP contribution in [0.2, 0.25) is 0 Å². The molecule has 0 saturated carbocycles. The Labute approximate surface area is 224 Å². The maximum absolute atomic E-state index is 13.6. The molecule has 4 rings (SSSR count). The Morgan fingerprint density at radius 1 is 0.892 bits per heavy atom. The minimum atomic E-state index is -0.204. The highest BCUT2D eigenvalue weighted by Gasteiger charge is 2.34. The fraction of sp³-hybridized carbons (Fsp3) is 0.419. The first kappa shape index (κ1) is 26.9. The van der Waals surface area contributed by atoms with E-state index in [0.717, 1.165) is 30.6 Å². The Balaban J connectivity index is 1.64. The number of benzene rings is 2. The summed E-state index contributed by atoms with van der Waals surface area (Å²) in [6.45, 7) is 13.3. The van der Waals surface area contributed by atoms with Gasteiger partial charge < -0.3 is 15.4 Å². The highest BCUT2D eigenvalue weighted by Crippen LogP contribution is 2.44. The summed E-state index contributed by atoms with van der Waals surface area (Å²) in [6, 6.07) is 15.0. The molecule has 1 heterocycles. The van der Waals surface area contributed by atoms with Gasteiger partial charge >= 0.3 is 0 Å². The van der Waals surface area contributed by atoms with Crippen LogP contribution < -0.4 is 15.4 Å². The topological polar surface area (TPSA) is 67.4 Å². The molecule has 2 aromatic carbocycles. The van der Waals surface area contributed by atoms with Crippen LogP contribution in [-0.4, -0.2) is 18.9 Å². The van der Waals surface area contributed by atoms with Gasteiger partial charge in [-0.2, -0.15) is 0 Å². The summed E-state index contributed by atoms with van der Waals surface area (Å²) in [5, 5.41) is 6.73. The molecule has 0 aliphatic heterocycles. The van der Waals surface area contributed by atoms with E-state index >= 15 is 0 Å². The van der Waals surface area contributed by atoms with Crippen molar-refractivity contribution in [1.29, 1.82) is 0 Å². The summed E-state index contributed by atoms with van der Waals surface area (Å²) < 4.78 is 5.23. The number of carbonyl (C=O) groups is 2. The van der Waals surface area contributed by atoms with Crippen LogP contribution in [0.1, 0.15) is 84.7 Å². The van der Waals surface area contributed by atoms with E-state index in [4.69, 9.17) is 4.74 Å². The zero-order valence-electron chi connectivity index (χ0n) is 23.0. The van der Waals surface area contributed by atoms with E-state index in [1.165, 1.54) is 10.4 Å². The average Bonchev–Trinajstić information content (AvgIpc) is 3.20. The lowest BCUT2D eigenvalue weighted by molar-refractivity contribution is 0.102. The van der Waals surface area contributed by atoms with Crippen molar-refractivity contribution < 1.29 is 14.3 Å². The van der Waals surface area contributed by atoms with E-state index in [9.17, 15) is 9.59 Å². The smallest absolute Gasteiger partial charge is 0.258 e. The molecule has 1 aromatic heterocycles. The molecule has 2 N–H and O–H groups in total. The lowest BCUT2D eigenvalue weighted by Crippen LogP contribution is -2.27. The van der Waals surface area contributed by atoms with Gasteiger partial charge in [-0.1, -0.05) is 53.7 Å². The second kappa shape index (κ2) is 10.3. The number of anilines is 2. The average molecular weight is 519 g/mol. The van der Waals surface area contributed by atoms with Crippen molar-refractivity contribution in [3.05, 3.63) is 75.7 Å². The molecule has 0 spiro atoms. The van der Waals surface area contributed by atoms with Gasteiger partial charge in [0, 0.05) is 16.1 Å². The monoisotopic (exact) mass is 518 g/mol. The minimum absolute atomic E-state index is 0.0120. The first-order valence-electron chi connectivity index (χ1n) is 12.9. The van der Waals surface area contributed by atoms with E-state index in [1.54, 1.807) is 18.4 Å². The van der Waals surface area contributed by atoms with Crippen molar-refractivity contribution >= 4 is 33.8 Å². The molecule has 37 heavy (non-hydrogen) atoms. The molecular weight excluding hydrogens is 480 g/mol. The zero-order valence-corrected chi connectivity index (χ0v) is 23.8. The van der Waals surface area contributed by atoms with Crippen molar-refractivity contribution in [2.45, 2.75) is 66.2 Å². The number of thiophene rings is 1. The molecule has 1 aliphatic carbocycles. The highest BCUT2D eigenvalue weighted by atomic mass is 32.1. The largest absolute Gasteiger partial charge is 0.497 e. The van der Waals surface area contributed by atoms with E-state index in [-0.39, 0.29) is 22.6 Å². The van der Waals surface area contributed by atoms with E-state index in [0.29, 0.717) is 27.7 Å². The van der Waals surface area contributed by atoms with Gasteiger partial charge in [-0.15, -0.1) is 11.3 Å². The fourth-order valence-electron chi connectivity index (χ4n) is 4.82. The number of nitrogens with one attached hydrogen (secondary N) is 2. The van der Waals surface area contributed by atoms with Crippen molar-refractivity contribution in [1.82, 2.24) is 0 Å². The van der Waals surface area contributed by atoms with Gasteiger partial charge in [-0.3, -0.25) is 9.59 Å². The van der Waals surface area contributed by atoms with Crippen LogP contribution in [0.15, 0.2) is 48.5 Å². The van der Waals surface area contributed by atoms with Crippen molar-refractivity contribution in [3.63, 3.8) is 0 Å². The van der Waals surface area contributed by atoms with Gasteiger partial charge in [0.15, 0.2) is 0 Å². The van der Waals surface area contributed by atoms with Crippen LogP contribution in [0, 0.1) is 11.3 Å². The zero-order chi connectivity index (χ0) is 27.0. The second-order valence-corrected chi connectivity index (χ2v) is 13.1. The third-order valence-electron chi connectivity index (χ3n) is 7.31. The van der Waals surface area contributed by atoms with E-state index in [1.807, 2.05) is 48.5 Å². The van der Waals surface area contributed by atoms with Crippen LogP contribution in [0.4, 0.5) is 10.7 Å². The summed E-state index contributed by atoms with van der Waals surface area (Å²) in [5.74, 6) is 0.856. The maximum Gasteiger partial charge on any atom is 0.258 e. The molecular formula is C31H38N2O3S. The van der Waals surface area contributed by atoms with Gasteiger partial charge in [0.1, 0.15) is 10.8 Å². The lowest BCUT2D eigenvalue weighted by atomic mass is 9.72. The summed E-state index contributed by atoms with van der Waals surface area (Å²) in [5.41, 5.74) is 4.28. The number of rotatable bonds is 5. The van der Waals surface area contributed by atoms with Gasteiger partial charge in [0.2, 0.25) is 0 Å². The predicted molar refractivity (Wildman–Crippen MR) is 153 cm³/mol. The van der Waals surface area contributed by atoms with Crippen LogP contribution in [-0.2, 0) is 18.3 Å². The van der Waals surface area contributed by atoms with Crippen LogP contribution in [0.5, 0.6) is 5.75 Å². The number of carbonyl (C=O) groups excluding carboxylic acids is 2. The Bertz CT molecular complexity index is 1280. The van der Waals surface area contributed by atoms with Gasteiger partial charge in [0.05, 0.1) is 12.7 Å². The van der Waals surface area contributed by atoms with Crippen LogP contribution >= 0.6 is 11.3 Å². The van der Waals surface area contributed by atoms with E-state index < -0.39 is 0 Å². The SMILES string of the molecule is COc1ccc(NC(=O)c2c(NC(=O)c3ccc(C(C)(C)C)cc3)sc3c2CC[C@@H](C(C)(C)C)C3)cc1. The van der Waals surface area contributed by atoms with Crippen LogP contribution in [0.3, 0.4) is 0 Å². The number of fused-ring (bicyclic) bond motifs is 1. The van der Waals surface area contributed by atoms with Crippen molar-refractivity contribution in [2.24, 2.45) is 11.3 Å². The maximum atomic E-state index is 13.6. The Morgan fingerprint density at radius 2 is 1.54 bits per heavy atom. The molecule has 0 bridgehead atoms. The predicted octanol–water partition coefficient (Wildman–Crippen LogP) is 7.71. The quantitative estimate of drug-likeness (QED) is 0.363. The summed E-state index contributed by atoms with van der Waals surface area (Å²) in [4.78, 5) is 28.1. The van der Waals surface area contributed by atoms with Gasteiger partial charge in [-0.25, -0.2) is 0 Å². The number of amides is 2. The number of hydrogen-bond donors (Lipinski definition) is 2. The van der Waals surface area contributed by atoms with Gasteiger partial charge in [-0.05, 0) is 83.5 Å². The lowest BCUT2D eigenvalue weighted by Gasteiger charge is -2.33. The van der Waals surface area contributed by atoms with Crippen LogP contribution in [0.25, 0.3) is 0 Å². The molecule has 0 radical (unpaired) electrons. The standard InChI is InChI=1S/C31H38N2O3S/c1-30(2,3)20-10-8-19(9-11-20)27(34)33-29-26(28(35)32-22-13-15-23(36-7)16-14-22)24-17-12-21(31(4,5)6)18-25(24)37-29/h8-11,13-16,21H,12,17-18H2,1-7H3,(H,32,35)(H,33,34)/t21-/m1/s1. The number of hydrogen-bond acceptors (Lipinski definition) is 4. The molecule has 1 atom stereocenters. The third-order valence-corrected chi connectivity index (χ3v) is 8.47. The molecule has 196 valence electrons. The molecule has 0 unspecified atom stereocenters. The van der Waals surface area contributed by atoms with E-state index in [2.05, 4.69) is 52.2 Å².